The van der Waals surface area contributed by atoms with E-state index < -0.39 is 0 Å². The summed E-state index contributed by atoms with van der Waals surface area (Å²) in [5.41, 5.74) is 0. The van der Waals surface area contributed by atoms with Gasteiger partial charge < -0.3 is 15.0 Å². The Hall–Kier alpha value is -1.36. The maximum atomic E-state index is 5.02. The molecule has 5 nitrogen and oxygen atoms in total. The zero-order chi connectivity index (χ0) is 11.3. The van der Waals surface area contributed by atoms with Crippen LogP contribution in [0, 0.1) is 0 Å². The molecule has 0 aliphatic rings. The van der Waals surface area contributed by atoms with Crippen LogP contribution in [0.15, 0.2) is 12.4 Å². The molecule has 1 N–H and O–H groups in total. The molecule has 1 aromatic rings. The van der Waals surface area contributed by atoms with Gasteiger partial charge in [-0.15, -0.1) is 0 Å². The van der Waals surface area contributed by atoms with E-state index in [2.05, 4.69) is 27.1 Å². The van der Waals surface area contributed by atoms with Crippen molar-refractivity contribution in [1.29, 1.82) is 0 Å². The number of ether oxygens (including phenoxy) is 1. The van der Waals surface area contributed by atoms with Gasteiger partial charge in [0, 0.05) is 18.7 Å². The fraction of sp³-hybridized carbons (Fsp3) is 0.600. The first-order valence-electron chi connectivity index (χ1n) is 4.89. The Morgan fingerprint density at radius 3 is 2.80 bits per heavy atom. The Bertz CT molecular complexity index is 303. The third-order valence-electron chi connectivity index (χ3n) is 1.88. The molecule has 1 unspecified atom stereocenters. The number of likely N-dealkylation sites (N-methyl/N-ethyl adjacent to an activating group) is 1. The molecule has 5 heteroatoms. The number of nitrogens with zero attached hydrogens (tertiary/aromatic N) is 3. The molecular formula is C10H18N4O. The zero-order valence-electron chi connectivity index (χ0n) is 9.69. The van der Waals surface area contributed by atoms with Crippen molar-refractivity contribution in [2.75, 3.05) is 33.1 Å². The average Bonchev–Trinajstić information content (AvgIpc) is 2.16. The van der Waals surface area contributed by atoms with Gasteiger partial charge in [0.05, 0.1) is 7.11 Å². The Balaban J connectivity index is 2.55. The Morgan fingerprint density at radius 2 is 2.20 bits per heavy atom. The van der Waals surface area contributed by atoms with E-state index in [4.69, 9.17) is 4.74 Å². The van der Waals surface area contributed by atoms with Gasteiger partial charge in [0.2, 0.25) is 5.88 Å². The molecule has 0 bridgehead atoms. The van der Waals surface area contributed by atoms with E-state index in [0.29, 0.717) is 11.9 Å². The van der Waals surface area contributed by atoms with Crippen LogP contribution in [0.1, 0.15) is 6.92 Å². The molecular weight excluding hydrogens is 192 g/mol. The van der Waals surface area contributed by atoms with Crippen LogP contribution in [0.4, 0.5) is 5.82 Å². The van der Waals surface area contributed by atoms with Crippen LogP contribution in [-0.2, 0) is 0 Å². The first kappa shape index (κ1) is 11.7. The summed E-state index contributed by atoms with van der Waals surface area (Å²) < 4.78 is 5.02. The number of methoxy groups -OCH3 is 1. The van der Waals surface area contributed by atoms with E-state index >= 15 is 0 Å². The molecule has 0 aliphatic carbocycles. The number of nitrogens with one attached hydrogen (secondary N) is 1. The molecule has 1 aromatic heterocycles. The average molecular weight is 210 g/mol. The molecule has 0 radical (unpaired) electrons. The lowest BCUT2D eigenvalue weighted by molar-refractivity contribution is 0.390. The summed E-state index contributed by atoms with van der Waals surface area (Å²) in [7, 11) is 5.67. The van der Waals surface area contributed by atoms with Crippen LogP contribution in [0.5, 0.6) is 5.88 Å². The highest BCUT2D eigenvalue weighted by molar-refractivity contribution is 5.37. The summed E-state index contributed by atoms with van der Waals surface area (Å²) in [4.78, 5) is 10.2. The minimum Gasteiger partial charge on any atom is -0.481 e. The first-order valence-corrected chi connectivity index (χ1v) is 4.89. The van der Waals surface area contributed by atoms with E-state index in [-0.39, 0.29) is 0 Å². The number of hydrogen-bond acceptors (Lipinski definition) is 5. The quantitative estimate of drug-likeness (QED) is 0.780. The number of hydrogen-bond donors (Lipinski definition) is 1. The monoisotopic (exact) mass is 210 g/mol. The second kappa shape index (κ2) is 5.50. The molecule has 0 spiro atoms. The first-order chi connectivity index (χ1) is 7.11. The lowest BCUT2D eigenvalue weighted by Crippen LogP contribution is -2.29. The molecule has 0 saturated heterocycles. The van der Waals surface area contributed by atoms with Crippen LogP contribution in [-0.4, -0.2) is 48.7 Å². The topological polar surface area (TPSA) is 50.3 Å². The third kappa shape index (κ3) is 4.12. The highest BCUT2D eigenvalue weighted by Gasteiger charge is 2.05. The molecule has 1 atom stereocenters. The Kier molecular flexibility index (Phi) is 4.30. The van der Waals surface area contributed by atoms with Crippen LogP contribution in [0.2, 0.25) is 0 Å². The second-order valence-corrected chi connectivity index (χ2v) is 3.75. The van der Waals surface area contributed by atoms with Crippen LogP contribution < -0.4 is 10.1 Å². The Morgan fingerprint density at radius 1 is 1.47 bits per heavy atom. The van der Waals surface area contributed by atoms with Gasteiger partial charge in [-0.1, -0.05) is 0 Å². The summed E-state index contributed by atoms with van der Waals surface area (Å²) in [5.74, 6) is 1.36. The van der Waals surface area contributed by atoms with E-state index in [1.807, 2.05) is 14.1 Å². The Labute approximate surface area is 90.5 Å². The molecule has 84 valence electrons. The fourth-order valence-corrected chi connectivity index (χ4v) is 1.38. The van der Waals surface area contributed by atoms with Crippen LogP contribution in [0.3, 0.4) is 0 Å². The molecule has 1 rings (SSSR count). The minimum absolute atomic E-state index is 0.333. The van der Waals surface area contributed by atoms with Crippen molar-refractivity contribution in [3.8, 4) is 5.88 Å². The lowest BCUT2D eigenvalue weighted by Gasteiger charge is -2.18. The maximum Gasteiger partial charge on any atom is 0.218 e. The van der Waals surface area contributed by atoms with Gasteiger partial charge in [0.25, 0.3) is 0 Å². The van der Waals surface area contributed by atoms with Crippen molar-refractivity contribution in [3.63, 3.8) is 0 Å². The van der Waals surface area contributed by atoms with Gasteiger partial charge in [-0.25, -0.2) is 9.97 Å². The van der Waals surface area contributed by atoms with Gasteiger partial charge in [0.1, 0.15) is 12.1 Å². The van der Waals surface area contributed by atoms with Gasteiger partial charge >= 0.3 is 0 Å². The van der Waals surface area contributed by atoms with E-state index in [0.717, 1.165) is 12.4 Å². The highest BCUT2D eigenvalue weighted by Crippen LogP contribution is 2.10. The summed E-state index contributed by atoms with van der Waals surface area (Å²) in [6, 6.07) is 2.12. The number of anilines is 1. The van der Waals surface area contributed by atoms with Gasteiger partial charge in [-0.3, -0.25) is 0 Å². The van der Waals surface area contributed by atoms with E-state index in [9.17, 15) is 0 Å². The fourth-order valence-electron chi connectivity index (χ4n) is 1.38. The van der Waals surface area contributed by atoms with E-state index in [1.54, 1.807) is 13.2 Å². The predicted octanol–water partition coefficient (Wildman–Crippen LogP) is 0.847. The summed E-state index contributed by atoms with van der Waals surface area (Å²) in [6.45, 7) is 3.06. The molecule has 15 heavy (non-hydrogen) atoms. The van der Waals surface area contributed by atoms with Crippen molar-refractivity contribution >= 4 is 5.82 Å². The molecule has 0 saturated carbocycles. The maximum absolute atomic E-state index is 5.02. The SMILES string of the molecule is COc1cc(NC(C)CN(C)C)ncn1. The molecule has 0 amide bonds. The summed E-state index contributed by atoms with van der Waals surface area (Å²) in [5, 5.41) is 3.28. The smallest absolute Gasteiger partial charge is 0.218 e. The van der Waals surface area contributed by atoms with Gasteiger partial charge in [-0.05, 0) is 21.0 Å². The third-order valence-corrected chi connectivity index (χ3v) is 1.88. The zero-order valence-corrected chi connectivity index (χ0v) is 9.69. The summed E-state index contributed by atoms with van der Waals surface area (Å²) in [6.07, 6.45) is 1.49. The van der Waals surface area contributed by atoms with Crippen LogP contribution >= 0.6 is 0 Å². The number of aromatic nitrogens is 2. The summed E-state index contributed by atoms with van der Waals surface area (Å²) >= 11 is 0. The predicted molar refractivity (Wildman–Crippen MR) is 60.2 cm³/mol. The minimum atomic E-state index is 0.333. The van der Waals surface area contributed by atoms with Crippen LogP contribution in [0.25, 0.3) is 0 Å². The number of rotatable bonds is 5. The standard InChI is InChI=1S/C10H18N4O/c1-8(6-14(2)3)13-9-5-10(15-4)12-7-11-9/h5,7-8H,6H2,1-4H3,(H,11,12,13). The van der Waals surface area contributed by atoms with Crippen molar-refractivity contribution < 1.29 is 4.74 Å². The molecule has 0 aromatic carbocycles. The van der Waals surface area contributed by atoms with Gasteiger partial charge in [-0.2, -0.15) is 0 Å². The van der Waals surface area contributed by atoms with Crippen molar-refractivity contribution in [2.24, 2.45) is 0 Å². The van der Waals surface area contributed by atoms with Gasteiger partial charge in [0.15, 0.2) is 0 Å². The molecule has 0 aliphatic heterocycles. The second-order valence-electron chi connectivity index (χ2n) is 3.75. The van der Waals surface area contributed by atoms with Crippen molar-refractivity contribution in [3.05, 3.63) is 12.4 Å². The largest absolute Gasteiger partial charge is 0.481 e. The molecule has 0 fully saturated rings. The normalized spacial score (nSPS) is 12.6. The highest BCUT2D eigenvalue weighted by atomic mass is 16.5. The van der Waals surface area contributed by atoms with E-state index in [1.165, 1.54) is 6.33 Å². The van der Waals surface area contributed by atoms with Crippen molar-refractivity contribution in [2.45, 2.75) is 13.0 Å². The lowest BCUT2D eigenvalue weighted by atomic mass is 10.3. The van der Waals surface area contributed by atoms with Crippen molar-refractivity contribution in [1.82, 2.24) is 14.9 Å². The molecule has 1 heterocycles.